The molecule has 1 aromatic rings. The third kappa shape index (κ3) is 2.41. The number of halogens is 2. The van der Waals surface area contributed by atoms with Crippen LogP contribution in [0.2, 0.25) is 0 Å². The molecule has 1 aliphatic carbocycles. The van der Waals surface area contributed by atoms with Crippen LogP contribution in [-0.2, 0) is 6.42 Å². The van der Waals surface area contributed by atoms with Crippen molar-refractivity contribution in [1.29, 1.82) is 0 Å². The summed E-state index contributed by atoms with van der Waals surface area (Å²) in [6.45, 7) is 4.22. The third-order valence-electron chi connectivity index (χ3n) is 4.15. The molecule has 0 heterocycles. The summed E-state index contributed by atoms with van der Waals surface area (Å²) in [5.74, 6) is -0.252. The van der Waals surface area contributed by atoms with Crippen LogP contribution in [0.4, 0.5) is 4.39 Å². The minimum absolute atomic E-state index is 0.0686. The third-order valence-corrected chi connectivity index (χ3v) is 4.89. The maximum absolute atomic E-state index is 13.0. The van der Waals surface area contributed by atoms with Crippen LogP contribution in [0.25, 0.3) is 0 Å². The highest BCUT2D eigenvalue weighted by atomic mass is 79.9. The predicted molar refractivity (Wildman–Crippen MR) is 70.4 cm³/mol. The van der Waals surface area contributed by atoms with Gasteiger partial charge in [0.1, 0.15) is 5.82 Å². The smallest absolute Gasteiger partial charge is 0.124 e. The number of hydrogen-bond donors (Lipinski definition) is 1. The van der Waals surface area contributed by atoms with Gasteiger partial charge in [-0.1, -0.05) is 35.8 Å². The molecule has 1 atom stereocenters. The average molecular weight is 301 g/mol. The Bertz CT molecular complexity index is 430. The van der Waals surface area contributed by atoms with E-state index in [1.807, 2.05) is 0 Å². The summed E-state index contributed by atoms with van der Waals surface area (Å²) in [7, 11) is 0. The predicted octanol–water partition coefficient (Wildman–Crippen LogP) is 4.07. The van der Waals surface area contributed by atoms with Gasteiger partial charge in [0.15, 0.2) is 0 Å². The summed E-state index contributed by atoms with van der Waals surface area (Å²) in [6.07, 6.45) is 3.51. The molecule has 1 aliphatic rings. The first-order chi connectivity index (χ1) is 7.84. The van der Waals surface area contributed by atoms with E-state index in [9.17, 15) is 9.50 Å². The molecule has 1 saturated carbocycles. The van der Waals surface area contributed by atoms with E-state index in [0.717, 1.165) is 29.3 Å². The molecule has 0 aromatic heterocycles. The van der Waals surface area contributed by atoms with Crippen molar-refractivity contribution in [3.05, 3.63) is 34.1 Å². The lowest BCUT2D eigenvalue weighted by Gasteiger charge is -2.37. The second-order valence-corrected chi connectivity index (χ2v) is 6.54. The van der Waals surface area contributed by atoms with Crippen LogP contribution in [0.1, 0.15) is 38.7 Å². The van der Waals surface area contributed by atoms with E-state index < -0.39 is 5.60 Å². The van der Waals surface area contributed by atoms with Crippen LogP contribution in [0.5, 0.6) is 0 Å². The quantitative estimate of drug-likeness (QED) is 0.873. The molecule has 3 heteroatoms. The highest BCUT2D eigenvalue weighted by molar-refractivity contribution is 9.10. The fourth-order valence-corrected chi connectivity index (χ4v) is 3.19. The average Bonchev–Trinajstić information content (AvgIpc) is 2.46. The van der Waals surface area contributed by atoms with Crippen molar-refractivity contribution >= 4 is 15.9 Å². The molecule has 1 aromatic carbocycles. The van der Waals surface area contributed by atoms with Crippen molar-refractivity contribution < 1.29 is 9.50 Å². The van der Waals surface area contributed by atoms with Gasteiger partial charge in [-0.2, -0.15) is 0 Å². The maximum Gasteiger partial charge on any atom is 0.124 e. The zero-order chi connectivity index (χ0) is 12.7. The zero-order valence-corrected chi connectivity index (χ0v) is 11.8. The molecular formula is C14H18BrFO. The Morgan fingerprint density at radius 3 is 2.59 bits per heavy atom. The SMILES string of the molecule is CC1(C)CCCC1(O)Cc1ccc(F)cc1Br. The summed E-state index contributed by atoms with van der Waals surface area (Å²) < 4.78 is 13.8. The standard InChI is InChI=1S/C14H18BrFO/c1-13(2)6-3-7-14(13,17)9-10-4-5-11(16)8-12(10)15/h4-5,8,17H,3,6-7,9H2,1-2H3. The van der Waals surface area contributed by atoms with E-state index in [1.54, 1.807) is 6.07 Å². The first kappa shape index (κ1) is 13.0. The van der Waals surface area contributed by atoms with Crippen LogP contribution in [-0.4, -0.2) is 10.7 Å². The van der Waals surface area contributed by atoms with Gasteiger partial charge in [0.25, 0.3) is 0 Å². The molecule has 2 rings (SSSR count). The van der Waals surface area contributed by atoms with Crippen molar-refractivity contribution in [2.45, 2.75) is 45.1 Å². The van der Waals surface area contributed by atoms with Crippen molar-refractivity contribution in [2.24, 2.45) is 5.41 Å². The van der Waals surface area contributed by atoms with Gasteiger partial charge < -0.3 is 5.11 Å². The molecule has 1 N–H and O–H groups in total. The number of hydrogen-bond acceptors (Lipinski definition) is 1. The van der Waals surface area contributed by atoms with Crippen LogP contribution in [0.3, 0.4) is 0 Å². The largest absolute Gasteiger partial charge is 0.389 e. The van der Waals surface area contributed by atoms with Crippen LogP contribution in [0.15, 0.2) is 22.7 Å². The fourth-order valence-electron chi connectivity index (χ4n) is 2.70. The van der Waals surface area contributed by atoms with E-state index in [0.29, 0.717) is 6.42 Å². The van der Waals surface area contributed by atoms with Crippen LogP contribution < -0.4 is 0 Å². The van der Waals surface area contributed by atoms with E-state index in [-0.39, 0.29) is 11.2 Å². The van der Waals surface area contributed by atoms with Gasteiger partial charge in [-0.05, 0) is 42.4 Å². The van der Waals surface area contributed by atoms with Gasteiger partial charge in [-0.3, -0.25) is 0 Å². The Hall–Kier alpha value is -0.410. The van der Waals surface area contributed by atoms with Crippen molar-refractivity contribution in [2.75, 3.05) is 0 Å². The van der Waals surface area contributed by atoms with Gasteiger partial charge in [0.05, 0.1) is 5.60 Å². The minimum atomic E-state index is -0.673. The monoisotopic (exact) mass is 300 g/mol. The number of rotatable bonds is 2. The minimum Gasteiger partial charge on any atom is -0.389 e. The molecule has 1 nitrogen and oxygen atoms in total. The van der Waals surface area contributed by atoms with Crippen LogP contribution >= 0.6 is 15.9 Å². The summed E-state index contributed by atoms with van der Waals surface area (Å²) >= 11 is 3.36. The maximum atomic E-state index is 13.0. The molecule has 94 valence electrons. The first-order valence-electron chi connectivity index (χ1n) is 6.00. The highest BCUT2D eigenvalue weighted by Crippen LogP contribution is 2.48. The second kappa shape index (κ2) is 4.36. The first-order valence-corrected chi connectivity index (χ1v) is 6.80. The Morgan fingerprint density at radius 1 is 1.35 bits per heavy atom. The Morgan fingerprint density at radius 2 is 2.06 bits per heavy atom. The summed E-state index contributed by atoms with van der Waals surface area (Å²) in [6, 6.07) is 4.66. The summed E-state index contributed by atoms with van der Waals surface area (Å²) in [5, 5.41) is 10.8. The highest BCUT2D eigenvalue weighted by Gasteiger charge is 2.47. The molecule has 0 saturated heterocycles. The zero-order valence-electron chi connectivity index (χ0n) is 10.3. The number of benzene rings is 1. The summed E-state index contributed by atoms with van der Waals surface area (Å²) in [4.78, 5) is 0. The van der Waals surface area contributed by atoms with Gasteiger partial charge in [-0.15, -0.1) is 0 Å². The molecule has 0 spiro atoms. The summed E-state index contributed by atoms with van der Waals surface area (Å²) in [5.41, 5.74) is 0.234. The van der Waals surface area contributed by atoms with E-state index in [1.165, 1.54) is 12.1 Å². The topological polar surface area (TPSA) is 20.2 Å². The molecule has 0 bridgehead atoms. The lowest BCUT2D eigenvalue weighted by atomic mass is 9.74. The van der Waals surface area contributed by atoms with E-state index in [4.69, 9.17) is 0 Å². The van der Waals surface area contributed by atoms with Gasteiger partial charge in [0, 0.05) is 10.9 Å². The fraction of sp³-hybridized carbons (Fsp3) is 0.571. The number of aliphatic hydroxyl groups is 1. The normalized spacial score (nSPS) is 27.4. The molecule has 1 unspecified atom stereocenters. The van der Waals surface area contributed by atoms with Gasteiger partial charge >= 0.3 is 0 Å². The van der Waals surface area contributed by atoms with Crippen LogP contribution in [0, 0.1) is 11.2 Å². The lowest BCUT2D eigenvalue weighted by Crippen LogP contribution is -2.41. The van der Waals surface area contributed by atoms with Gasteiger partial charge in [0.2, 0.25) is 0 Å². The molecule has 0 amide bonds. The molecule has 1 fully saturated rings. The van der Waals surface area contributed by atoms with E-state index in [2.05, 4.69) is 29.8 Å². The Labute approximate surface area is 110 Å². The van der Waals surface area contributed by atoms with E-state index >= 15 is 0 Å². The lowest BCUT2D eigenvalue weighted by molar-refractivity contribution is -0.0420. The Balaban J connectivity index is 2.26. The molecule has 0 radical (unpaired) electrons. The Kier molecular flexibility index (Phi) is 3.34. The second-order valence-electron chi connectivity index (χ2n) is 5.68. The van der Waals surface area contributed by atoms with Gasteiger partial charge in [-0.25, -0.2) is 4.39 Å². The van der Waals surface area contributed by atoms with Crippen molar-refractivity contribution in [3.63, 3.8) is 0 Å². The molecule has 17 heavy (non-hydrogen) atoms. The molecular weight excluding hydrogens is 283 g/mol. The van der Waals surface area contributed by atoms with Crippen molar-refractivity contribution in [1.82, 2.24) is 0 Å². The molecule has 0 aliphatic heterocycles. The van der Waals surface area contributed by atoms with Crippen molar-refractivity contribution in [3.8, 4) is 0 Å².